The molecule has 2 aliphatic rings. The van der Waals surface area contributed by atoms with E-state index < -0.39 is 5.60 Å². The van der Waals surface area contributed by atoms with Gasteiger partial charge in [-0.15, -0.1) is 0 Å². The number of hydrogen-bond donors (Lipinski definition) is 2. The average Bonchev–Trinajstić information content (AvgIpc) is 2.45. The Morgan fingerprint density at radius 3 is 2.40 bits per heavy atom. The summed E-state index contributed by atoms with van der Waals surface area (Å²) in [5.41, 5.74) is 5.62. The summed E-state index contributed by atoms with van der Waals surface area (Å²) in [6, 6.07) is 0.463. The van der Waals surface area contributed by atoms with Gasteiger partial charge < -0.3 is 15.7 Å². The largest absolute Gasteiger partial charge is 0.389 e. The van der Waals surface area contributed by atoms with E-state index in [1.165, 1.54) is 25.7 Å². The lowest BCUT2D eigenvalue weighted by Crippen LogP contribution is -2.60. The number of piperidine rings is 1. The minimum atomic E-state index is -0.537. The normalized spacial score (nSPS) is 43.6. The Labute approximate surface area is 124 Å². The molecule has 0 aromatic rings. The van der Waals surface area contributed by atoms with Gasteiger partial charge in [0.05, 0.1) is 5.60 Å². The molecule has 1 aliphatic carbocycles. The third-order valence-electron chi connectivity index (χ3n) is 6.40. The Bertz CT molecular complexity index is 312. The SMILES string of the molecule is CCCC1CCC(CN)(C2(O)CCN(C)C(C)C2)CC1. The number of hydrogen-bond acceptors (Lipinski definition) is 3. The molecule has 0 radical (unpaired) electrons. The fourth-order valence-corrected chi connectivity index (χ4v) is 4.60. The standard InChI is InChI=1S/C17H34N2O/c1-4-5-15-6-8-16(13-18,9-7-15)17(20)10-11-19(3)14(2)12-17/h14-15,20H,4-13,18H2,1-3H3. The molecule has 118 valence electrons. The molecule has 0 bridgehead atoms. The van der Waals surface area contributed by atoms with Gasteiger partial charge in [-0.05, 0) is 58.4 Å². The van der Waals surface area contributed by atoms with Crippen molar-refractivity contribution in [2.24, 2.45) is 17.1 Å². The molecule has 0 spiro atoms. The lowest BCUT2D eigenvalue weighted by molar-refractivity contribution is -0.145. The molecule has 0 amide bonds. The van der Waals surface area contributed by atoms with Gasteiger partial charge >= 0.3 is 0 Å². The quantitative estimate of drug-likeness (QED) is 0.833. The van der Waals surface area contributed by atoms with E-state index in [1.807, 2.05) is 0 Å². The fourth-order valence-electron chi connectivity index (χ4n) is 4.60. The fraction of sp³-hybridized carbons (Fsp3) is 1.00. The summed E-state index contributed by atoms with van der Waals surface area (Å²) in [6.45, 7) is 6.16. The molecule has 20 heavy (non-hydrogen) atoms. The lowest BCUT2D eigenvalue weighted by atomic mass is 9.57. The molecule has 3 heteroatoms. The molecule has 3 N–H and O–H groups in total. The molecular weight excluding hydrogens is 248 g/mol. The van der Waals surface area contributed by atoms with Crippen molar-refractivity contribution in [3.63, 3.8) is 0 Å². The number of likely N-dealkylation sites (tertiary alicyclic amines) is 1. The van der Waals surface area contributed by atoms with Crippen molar-refractivity contribution in [1.29, 1.82) is 0 Å². The van der Waals surface area contributed by atoms with Crippen LogP contribution in [0, 0.1) is 11.3 Å². The molecule has 2 fully saturated rings. The third kappa shape index (κ3) is 2.90. The van der Waals surface area contributed by atoms with Crippen LogP contribution in [0.3, 0.4) is 0 Å². The van der Waals surface area contributed by atoms with Crippen LogP contribution < -0.4 is 5.73 Å². The van der Waals surface area contributed by atoms with Crippen molar-refractivity contribution < 1.29 is 5.11 Å². The second-order valence-corrected chi connectivity index (χ2v) is 7.53. The van der Waals surface area contributed by atoms with Crippen molar-refractivity contribution >= 4 is 0 Å². The van der Waals surface area contributed by atoms with Crippen LogP contribution in [-0.2, 0) is 0 Å². The zero-order valence-electron chi connectivity index (χ0n) is 13.7. The van der Waals surface area contributed by atoms with Crippen molar-refractivity contribution in [3.8, 4) is 0 Å². The summed E-state index contributed by atoms with van der Waals surface area (Å²) < 4.78 is 0. The van der Waals surface area contributed by atoms with Crippen LogP contribution >= 0.6 is 0 Å². The van der Waals surface area contributed by atoms with Crippen LogP contribution in [0.1, 0.15) is 65.2 Å². The summed E-state index contributed by atoms with van der Waals surface area (Å²) in [4.78, 5) is 2.36. The topological polar surface area (TPSA) is 49.5 Å². The number of rotatable bonds is 4. The lowest BCUT2D eigenvalue weighted by Gasteiger charge is -2.55. The molecule has 2 rings (SSSR count). The summed E-state index contributed by atoms with van der Waals surface area (Å²) >= 11 is 0. The smallest absolute Gasteiger partial charge is 0.0742 e. The molecule has 0 aromatic heterocycles. The van der Waals surface area contributed by atoms with Crippen LogP contribution in [0.5, 0.6) is 0 Å². The van der Waals surface area contributed by atoms with Gasteiger partial charge in [0.25, 0.3) is 0 Å². The van der Waals surface area contributed by atoms with Gasteiger partial charge in [0.15, 0.2) is 0 Å². The van der Waals surface area contributed by atoms with Crippen molar-refractivity contribution in [2.45, 2.75) is 76.9 Å². The van der Waals surface area contributed by atoms with E-state index in [2.05, 4.69) is 25.8 Å². The Balaban J connectivity index is 2.07. The highest BCUT2D eigenvalue weighted by molar-refractivity contribution is 5.05. The first-order chi connectivity index (χ1) is 9.46. The monoisotopic (exact) mass is 282 g/mol. The van der Waals surface area contributed by atoms with Gasteiger partial charge in [0, 0.05) is 24.5 Å². The number of aliphatic hydroxyl groups is 1. The van der Waals surface area contributed by atoms with E-state index >= 15 is 0 Å². The van der Waals surface area contributed by atoms with Crippen molar-refractivity contribution in [3.05, 3.63) is 0 Å². The first kappa shape index (κ1) is 16.3. The minimum absolute atomic E-state index is 0.0211. The Morgan fingerprint density at radius 1 is 1.25 bits per heavy atom. The zero-order chi connectivity index (χ0) is 14.8. The summed E-state index contributed by atoms with van der Waals surface area (Å²) in [5.74, 6) is 0.868. The predicted molar refractivity (Wildman–Crippen MR) is 84.6 cm³/mol. The van der Waals surface area contributed by atoms with Crippen LogP contribution in [0.25, 0.3) is 0 Å². The molecular formula is C17H34N2O. The number of nitrogens with zero attached hydrogens (tertiary/aromatic N) is 1. The highest BCUT2D eigenvalue weighted by Crippen LogP contribution is 2.51. The maximum Gasteiger partial charge on any atom is 0.0742 e. The van der Waals surface area contributed by atoms with Gasteiger partial charge in [-0.3, -0.25) is 0 Å². The number of nitrogens with two attached hydrogens (primary N) is 1. The molecule has 3 nitrogen and oxygen atoms in total. The predicted octanol–water partition coefficient (Wildman–Crippen LogP) is 2.77. The van der Waals surface area contributed by atoms with Crippen LogP contribution in [0.2, 0.25) is 0 Å². The van der Waals surface area contributed by atoms with Gasteiger partial charge in [-0.2, -0.15) is 0 Å². The third-order valence-corrected chi connectivity index (χ3v) is 6.40. The molecule has 2 unspecified atom stereocenters. The highest BCUT2D eigenvalue weighted by Gasteiger charge is 2.52. The van der Waals surface area contributed by atoms with Crippen LogP contribution in [-0.4, -0.2) is 41.8 Å². The van der Waals surface area contributed by atoms with Gasteiger partial charge in [-0.1, -0.05) is 19.8 Å². The van der Waals surface area contributed by atoms with E-state index in [-0.39, 0.29) is 5.41 Å². The van der Waals surface area contributed by atoms with E-state index in [1.54, 1.807) is 0 Å². The molecule has 0 aromatic carbocycles. The van der Waals surface area contributed by atoms with Crippen LogP contribution in [0.4, 0.5) is 0 Å². The Morgan fingerprint density at radius 2 is 1.90 bits per heavy atom. The van der Waals surface area contributed by atoms with Gasteiger partial charge in [-0.25, -0.2) is 0 Å². The second kappa shape index (κ2) is 6.33. The van der Waals surface area contributed by atoms with E-state index in [4.69, 9.17) is 5.73 Å². The molecule has 2 atom stereocenters. The maximum atomic E-state index is 11.3. The summed E-state index contributed by atoms with van der Waals surface area (Å²) in [5, 5.41) is 11.3. The maximum absolute atomic E-state index is 11.3. The first-order valence-corrected chi connectivity index (χ1v) is 8.59. The molecule has 1 saturated carbocycles. The molecule has 1 heterocycles. The highest BCUT2D eigenvalue weighted by atomic mass is 16.3. The summed E-state index contributed by atoms with van der Waals surface area (Å²) in [6.07, 6.45) is 9.19. The second-order valence-electron chi connectivity index (χ2n) is 7.53. The zero-order valence-corrected chi connectivity index (χ0v) is 13.7. The van der Waals surface area contributed by atoms with Crippen molar-refractivity contribution in [2.75, 3.05) is 20.1 Å². The van der Waals surface area contributed by atoms with Gasteiger partial charge in [0.1, 0.15) is 0 Å². The van der Waals surface area contributed by atoms with Gasteiger partial charge in [0.2, 0.25) is 0 Å². The molecule has 1 aliphatic heterocycles. The first-order valence-electron chi connectivity index (χ1n) is 8.59. The van der Waals surface area contributed by atoms with E-state index in [0.717, 1.165) is 38.1 Å². The van der Waals surface area contributed by atoms with E-state index in [0.29, 0.717) is 12.6 Å². The Kier molecular flexibility index (Phi) is 5.14. The van der Waals surface area contributed by atoms with E-state index in [9.17, 15) is 5.11 Å². The Hall–Kier alpha value is -0.120. The van der Waals surface area contributed by atoms with Crippen molar-refractivity contribution in [1.82, 2.24) is 4.90 Å². The summed E-state index contributed by atoms with van der Waals surface area (Å²) in [7, 11) is 2.16. The average molecular weight is 282 g/mol. The minimum Gasteiger partial charge on any atom is -0.389 e. The van der Waals surface area contributed by atoms with Crippen LogP contribution in [0.15, 0.2) is 0 Å². The molecule has 1 saturated heterocycles.